The summed E-state index contributed by atoms with van der Waals surface area (Å²) in [5, 5.41) is 17.7. The summed E-state index contributed by atoms with van der Waals surface area (Å²) < 4.78 is 0. The lowest BCUT2D eigenvalue weighted by molar-refractivity contribution is -0.127. The zero-order chi connectivity index (χ0) is 23.1. The van der Waals surface area contributed by atoms with Crippen molar-refractivity contribution in [2.24, 2.45) is 0 Å². The monoisotopic (exact) mass is 488 g/mol. The average molecular weight is 489 g/mol. The number of hydrogen-bond acceptors (Lipinski definition) is 5. The topological polar surface area (TPSA) is 52.6 Å². The van der Waals surface area contributed by atoms with E-state index in [2.05, 4.69) is 48.1 Å². The number of nitrogens with zero attached hydrogens (tertiary/aromatic N) is 1. The fourth-order valence-electron chi connectivity index (χ4n) is 3.49. The number of nitrogens with one attached hydrogen (secondary N) is 1. The van der Waals surface area contributed by atoms with Gasteiger partial charge in [-0.1, -0.05) is 29.8 Å². The minimum Gasteiger partial charge on any atom is -0.394 e. The first-order valence-corrected chi connectivity index (χ1v) is 12.7. The Balaban J connectivity index is 1.63. The number of rotatable bonds is 10. The first kappa shape index (κ1) is 24.7. The Kier molecular flexibility index (Phi) is 9.08. The molecule has 32 heavy (non-hydrogen) atoms. The van der Waals surface area contributed by atoms with Crippen molar-refractivity contribution in [3.05, 3.63) is 84.7 Å². The molecule has 0 aliphatic rings. The van der Waals surface area contributed by atoms with Crippen molar-refractivity contribution in [2.75, 3.05) is 20.2 Å². The number of carbonyl (C=O) groups excluding carboxylic acids is 1. The lowest BCUT2D eigenvalue weighted by Crippen LogP contribution is -2.47. The van der Waals surface area contributed by atoms with E-state index in [4.69, 9.17) is 11.6 Å². The molecule has 0 radical (unpaired) electrons. The molecular formula is C25H29ClN2O2S2. The lowest BCUT2D eigenvalue weighted by Gasteiger charge is -2.25. The molecule has 2 heterocycles. The van der Waals surface area contributed by atoms with Gasteiger partial charge in [0.25, 0.3) is 0 Å². The van der Waals surface area contributed by atoms with Crippen LogP contribution in [-0.2, 0) is 11.3 Å². The van der Waals surface area contributed by atoms with Gasteiger partial charge in [-0.25, -0.2) is 0 Å². The van der Waals surface area contributed by atoms with Crippen LogP contribution in [0.25, 0.3) is 5.57 Å². The molecule has 1 unspecified atom stereocenters. The van der Waals surface area contributed by atoms with Gasteiger partial charge in [-0.2, -0.15) is 0 Å². The number of aliphatic hydroxyl groups excluding tert-OH is 1. The molecule has 2 N–H and O–H groups in total. The van der Waals surface area contributed by atoms with Crippen LogP contribution < -0.4 is 5.32 Å². The summed E-state index contributed by atoms with van der Waals surface area (Å²) in [6, 6.07) is 11.1. The molecule has 1 amide bonds. The number of halogens is 1. The maximum atomic E-state index is 12.7. The molecule has 0 aliphatic carbocycles. The molecule has 0 saturated carbocycles. The molecule has 3 rings (SSSR count). The largest absolute Gasteiger partial charge is 0.394 e. The first-order valence-electron chi connectivity index (χ1n) is 10.5. The second kappa shape index (κ2) is 11.8. The molecule has 0 spiro atoms. The highest BCUT2D eigenvalue weighted by Crippen LogP contribution is 2.35. The Morgan fingerprint density at radius 3 is 2.19 bits per heavy atom. The van der Waals surface area contributed by atoms with E-state index in [0.29, 0.717) is 18.1 Å². The summed E-state index contributed by atoms with van der Waals surface area (Å²) >= 11 is 9.43. The van der Waals surface area contributed by atoms with Gasteiger partial charge >= 0.3 is 0 Å². The van der Waals surface area contributed by atoms with E-state index in [1.807, 2.05) is 24.1 Å². The summed E-state index contributed by atoms with van der Waals surface area (Å²) in [5.74, 6) is -0.183. The zero-order valence-electron chi connectivity index (χ0n) is 18.6. The summed E-state index contributed by atoms with van der Waals surface area (Å²) in [6.07, 6.45) is 3.04. The van der Waals surface area contributed by atoms with Crippen LogP contribution in [-0.4, -0.2) is 42.2 Å². The highest BCUT2D eigenvalue weighted by atomic mass is 35.5. The molecule has 0 saturated heterocycles. The van der Waals surface area contributed by atoms with E-state index in [-0.39, 0.29) is 12.5 Å². The zero-order valence-corrected chi connectivity index (χ0v) is 21.0. The van der Waals surface area contributed by atoms with Crippen molar-refractivity contribution in [1.82, 2.24) is 10.2 Å². The molecule has 2 aromatic heterocycles. The molecular weight excluding hydrogens is 460 g/mol. The van der Waals surface area contributed by atoms with Gasteiger partial charge in [0.1, 0.15) is 6.04 Å². The number of hydrogen-bond donors (Lipinski definition) is 2. The Hall–Kier alpha value is -1.96. The van der Waals surface area contributed by atoms with Crippen molar-refractivity contribution in [3.63, 3.8) is 0 Å². The third kappa shape index (κ3) is 6.30. The van der Waals surface area contributed by atoms with E-state index in [0.717, 1.165) is 12.0 Å². The van der Waals surface area contributed by atoms with Crippen LogP contribution in [0.3, 0.4) is 0 Å². The standard InChI is InChI=1S/C25H29ClN2O2S2/c1-17-10-13-31-23(17)21(24-18(2)11-14-32-24)5-4-12-28(3)22(16-29)25(30)27-15-19-6-8-20(26)9-7-19/h5-11,13-14,22,29H,4,12,15-16H2,1-3H3,(H,27,30). The fraction of sp³-hybridized carbons (Fsp3) is 0.320. The molecule has 0 aliphatic heterocycles. The summed E-state index contributed by atoms with van der Waals surface area (Å²) in [7, 11) is 1.88. The number of carbonyl (C=O) groups is 1. The van der Waals surface area contributed by atoms with E-state index < -0.39 is 6.04 Å². The maximum absolute atomic E-state index is 12.7. The van der Waals surface area contributed by atoms with Crippen molar-refractivity contribution in [2.45, 2.75) is 32.9 Å². The van der Waals surface area contributed by atoms with Gasteiger partial charge in [-0.05, 0) is 79.0 Å². The number of aliphatic hydroxyl groups is 1. The number of thiophene rings is 2. The normalized spacial score (nSPS) is 12.1. The molecule has 3 aromatic rings. The molecule has 0 bridgehead atoms. The van der Waals surface area contributed by atoms with Gasteiger partial charge in [0.2, 0.25) is 5.91 Å². The number of aryl methyl sites for hydroxylation is 2. The van der Waals surface area contributed by atoms with Crippen LogP contribution in [0.5, 0.6) is 0 Å². The molecule has 1 aromatic carbocycles. The van der Waals surface area contributed by atoms with Crippen molar-refractivity contribution >= 4 is 45.8 Å². The Morgan fingerprint density at radius 2 is 1.69 bits per heavy atom. The lowest BCUT2D eigenvalue weighted by atomic mass is 10.1. The highest BCUT2D eigenvalue weighted by molar-refractivity contribution is 7.14. The SMILES string of the molecule is Cc1ccsc1C(=CCCN(C)C(CO)C(=O)NCc1ccc(Cl)cc1)c1sccc1C. The van der Waals surface area contributed by atoms with Crippen molar-refractivity contribution in [1.29, 1.82) is 0 Å². The summed E-state index contributed by atoms with van der Waals surface area (Å²) in [5.41, 5.74) is 4.77. The molecule has 170 valence electrons. The molecule has 7 heteroatoms. The second-order valence-electron chi connectivity index (χ2n) is 7.80. The van der Waals surface area contributed by atoms with Crippen LogP contribution in [0, 0.1) is 13.8 Å². The van der Waals surface area contributed by atoms with Crippen LogP contribution >= 0.6 is 34.3 Å². The number of amides is 1. The molecule has 0 fully saturated rings. The van der Waals surface area contributed by atoms with E-state index in [1.165, 1.54) is 26.5 Å². The average Bonchev–Trinajstić information content (AvgIpc) is 3.39. The quantitative estimate of drug-likeness (QED) is 0.395. The second-order valence-corrected chi connectivity index (χ2v) is 10.1. The van der Waals surface area contributed by atoms with Crippen LogP contribution in [0.2, 0.25) is 5.02 Å². The minimum absolute atomic E-state index is 0.183. The third-order valence-corrected chi connectivity index (χ3v) is 7.78. The maximum Gasteiger partial charge on any atom is 0.239 e. The number of likely N-dealkylation sites (N-methyl/N-ethyl adjacent to an activating group) is 1. The van der Waals surface area contributed by atoms with Gasteiger partial charge in [-0.3, -0.25) is 9.69 Å². The van der Waals surface area contributed by atoms with Crippen LogP contribution in [0.4, 0.5) is 0 Å². The third-order valence-electron chi connectivity index (χ3n) is 5.43. The van der Waals surface area contributed by atoms with Gasteiger partial charge in [-0.15, -0.1) is 22.7 Å². The van der Waals surface area contributed by atoms with E-state index >= 15 is 0 Å². The Labute approximate surface area is 203 Å². The summed E-state index contributed by atoms with van der Waals surface area (Å²) in [4.78, 5) is 17.2. The van der Waals surface area contributed by atoms with Gasteiger partial charge in [0.15, 0.2) is 0 Å². The highest BCUT2D eigenvalue weighted by Gasteiger charge is 2.22. The summed E-state index contributed by atoms with van der Waals surface area (Å²) in [6.45, 7) is 5.12. The van der Waals surface area contributed by atoms with Crippen LogP contribution in [0.1, 0.15) is 32.9 Å². The molecule has 1 atom stereocenters. The Bertz CT molecular complexity index is 1010. The van der Waals surface area contributed by atoms with E-state index in [1.54, 1.807) is 34.8 Å². The van der Waals surface area contributed by atoms with E-state index in [9.17, 15) is 9.90 Å². The van der Waals surface area contributed by atoms with Crippen molar-refractivity contribution < 1.29 is 9.90 Å². The van der Waals surface area contributed by atoms with Gasteiger partial charge in [0.05, 0.1) is 6.61 Å². The molecule has 4 nitrogen and oxygen atoms in total. The minimum atomic E-state index is -0.592. The van der Waals surface area contributed by atoms with Crippen LogP contribution in [0.15, 0.2) is 53.2 Å². The fourth-order valence-corrected chi connectivity index (χ4v) is 5.63. The smallest absolute Gasteiger partial charge is 0.239 e. The van der Waals surface area contributed by atoms with Gasteiger partial charge < -0.3 is 10.4 Å². The predicted octanol–water partition coefficient (Wildman–Crippen LogP) is 5.51. The predicted molar refractivity (Wildman–Crippen MR) is 137 cm³/mol. The first-order chi connectivity index (χ1) is 15.4. The van der Waals surface area contributed by atoms with Crippen molar-refractivity contribution in [3.8, 4) is 0 Å². The van der Waals surface area contributed by atoms with Gasteiger partial charge in [0, 0.05) is 33.4 Å². The Morgan fingerprint density at radius 1 is 1.09 bits per heavy atom. The number of benzene rings is 1.